The van der Waals surface area contributed by atoms with Crippen LogP contribution in [-0.4, -0.2) is 5.78 Å². The normalized spacial score (nSPS) is 15.1. The third-order valence-corrected chi connectivity index (χ3v) is 5.58. The maximum Gasteiger partial charge on any atom is 0.191 e. The molecule has 24 heavy (non-hydrogen) atoms. The summed E-state index contributed by atoms with van der Waals surface area (Å²) < 4.78 is 0. The summed E-state index contributed by atoms with van der Waals surface area (Å²) in [7, 11) is 0. The molecule has 0 unspecified atom stereocenters. The van der Waals surface area contributed by atoms with Gasteiger partial charge in [-0.15, -0.1) is 0 Å². The summed E-state index contributed by atoms with van der Waals surface area (Å²) in [6, 6.07) is 20.3. The Morgan fingerprint density at radius 3 is 2.54 bits per heavy atom. The Morgan fingerprint density at radius 1 is 0.958 bits per heavy atom. The number of nitrogens with one attached hydrogen (secondary N) is 1. The van der Waals surface area contributed by atoms with Crippen LogP contribution in [0.25, 0.3) is 10.8 Å². The number of ketones is 1. The molecule has 1 aliphatic heterocycles. The lowest BCUT2D eigenvalue weighted by Gasteiger charge is -2.08. The van der Waals surface area contributed by atoms with Crippen LogP contribution in [0.15, 0.2) is 76.2 Å². The van der Waals surface area contributed by atoms with Crippen molar-refractivity contribution in [1.29, 1.82) is 0 Å². The molecule has 0 bridgehead atoms. The van der Waals surface area contributed by atoms with Gasteiger partial charge >= 0.3 is 0 Å². The van der Waals surface area contributed by atoms with Gasteiger partial charge in [-0.25, -0.2) is 0 Å². The molecule has 3 heteroatoms. The van der Waals surface area contributed by atoms with Gasteiger partial charge in [0.2, 0.25) is 0 Å². The largest absolute Gasteiger partial charge is 0.348 e. The van der Waals surface area contributed by atoms with Crippen molar-refractivity contribution in [3.05, 3.63) is 82.4 Å². The third kappa shape index (κ3) is 2.42. The van der Waals surface area contributed by atoms with Crippen molar-refractivity contribution in [2.24, 2.45) is 0 Å². The molecule has 0 amide bonds. The molecule has 118 valence electrons. The van der Waals surface area contributed by atoms with Gasteiger partial charge in [0.05, 0.1) is 10.7 Å². The van der Waals surface area contributed by atoms with Crippen molar-refractivity contribution < 1.29 is 4.79 Å². The van der Waals surface area contributed by atoms with Gasteiger partial charge in [0.1, 0.15) is 0 Å². The van der Waals surface area contributed by atoms with Crippen molar-refractivity contribution in [3.8, 4) is 0 Å². The number of anilines is 1. The number of aryl methyl sites for hydroxylation is 1. The summed E-state index contributed by atoms with van der Waals surface area (Å²) in [5.74, 6) is 0.0835. The molecular formula is C21H17NOS. The molecule has 0 saturated carbocycles. The van der Waals surface area contributed by atoms with Crippen LogP contribution in [-0.2, 0) is 0 Å². The van der Waals surface area contributed by atoms with Crippen LogP contribution in [0.5, 0.6) is 0 Å². The van der Waals surface area contributed by atoms with Crippen LogP contribution in [0.1, 0.15) is 22.8 Å². The van der Waals surface area contributed by atoms with E-state index in [1.807, 2.05) is 50.2 Å². The fourth-order valence-corrected chi connectivity index (χ4v) is 4.04. The molecule has 1 aliphatic rings. The number of hydrogen-bond donors (Lipinski definition) is 1. The van der Waals surface area contributed by atoms with Gasteiger partial charge in [-0.1, -0.05) is 66.4 Å². The standard InChI is InChI=1S/C21H17NOS/c1-13-7-3-5-9-16(13)20(23)14(2)21-22-19-17-10-6-4-8-15(17)11-12-18(19)24-21/h3-12,22H,1-2H3/b21-14-. The van der Waals surface area contributed by atoms with Gasteiger partial charge in [-0.3, -0.25) is 4.79 Å². The van der Waals surface area contributed by atoms with Crippen LogP contribution in [0, 0.1) is 6.92 Å². The Labute approximate surface area is 145 Å². The van der Waals surface area contributed by atoms with Crippen molar-refractivity contribution in [1.82, 2.24) is 0 Å². The first-order valence-corrected chi connectivity index (χ1v) is 8.74. The van der Waals surface area contributed by atoms with E-state index < -0.39 is 0 Å². The molecule has 0 aromatic heterocycles. The van der Waals surface area contributed by atoms with Crippen molar-refractivity contribution >= 4 is 34.0 Å². The molecule has 1 heterocycles. The summed E-state index contributed by atoms with van der Waals surface area (Å²) in [5.41, 5.74) is 3.64. The first-order valence-electron chi connectivity index (χ1n) is 7.93. The highest BCUT2D eigenvalue weighted by Gasteiger charge is 2.23. The lowest BCUT2D eigenvalue weighted by molar-refractivity contribution is 0.103. The van der Waals surface area contributed by atoms with Crippen LogP contribution in [0.4, 0.5) is 5.69 Å². The van der Waals surface area contributed by atoms with Gasteiger partial charge < -0.3 is 5.32 Å². The Balaban J connectivity index is 1.75. The fourth-order valence-electron chi connectivity index (χ4n) is 3.02. The lowest BCUT2D eigenvalue weighted by Crippen LogP contribution is -2.07. The minimum absolute atomic E-state index is 0.0835. The molecule has 0 atom stereocenters. The van der Waals surface area contributed by atoms with E-state index in [0.717, 1.165) is 27.4 Å². The summed E-state index contributed by atoms with van der Waals surface area (Å²) >= 11 is 1.64. The van der Waals surface area contributed by atoms with Crippen LogP contribution in [0.3, 0.4) is 0 Å². The van der Waals surface area contributed by atoms with Gasteiger partial charge in [-0.2, -0.15) is 0 Å². The smallest absolute Gasteiger partial charge is 0.191 e. The first kappa shape index (κ1) is 15.0. The van der Waals surface area contributed by atoms with E-state index in [0.29, 0.717) is 0 Å². The number of allylic oxidation sites excluding steroid dienone is 1. The highest BCUT2D eigenvalue weighted by atomic mass is 32.2. The summed E-state index contributed by atoms with van der Waals surface area (Å²) in [4.78, 5) is 14.0. The second-order valence-corrected chi connectivity index (χ2v) is 7.04. The summed E-state index contributed by atoms with van der Waals surface area (Å²) in [6.45, 7) is 3.88. The van der Waals surface area contributed by atoms with Crippen molar-refractivity contribution in [2.45, 2.75) is 18.7 Å². The van der Waals surface area contributed by atoms with Crippen molar-refractivity contribution in [3.63, 3.8) is 0 Å². The number of benzene rings is 3. The van der Waals surface area contributed by atoms with E-state index in [2.05, 4.69) is 29.6 Å². The van der Waals surface area contributed by atoms with E-state index in [9.17, 15) is 4.79 Å². The zero-order valence-electron chi connectivity index (χ0n) is 13.6. The van der Waals surface area contributed by atoms with E-state index in [1.54, 1.807) is 11.8 Å². The number of Topliss-reactive ketones (excluding diaryl/α,β-unsaturated/α-hetero) is 1. The number of hydrogen-bond acceptors (Lipinski definition) is 3. The minimum atomic E-state index is 0.0835. The van der Waals surface area contributed by atoms with Crippen LogP contribution >= 0.6 is 11.8 Å². The highest BCUT2D eigenvalue weighted by molar-refractivity contribution is 8.03. The van der Waals surface area contributed by atoms with Crippen molar-refractivity contribution in [2.75, 3.05) is 5.32 Å². The maximum atomic E-state index is 12.9. The van der Waals surface area contributed by atoms with E-state index >= 15 is 0 Å². The fraction of sp³-hybridized carbons (Fsp3) is 0.0952. The predicted molar refractivity (Wildman–Crippen MR) is 102 cm³/mol. The third-order valence-electron chi connectivity index (χ3n) is 4.41. The molecular weight excluding hydrogens is 314 g/mol. The maximum absolute atomic E-state index is 12.9. The molecule has 3 aromatic carbocycles. The Bertz CT molecular complexity index is 1000. The molecule has 4 rings (SSSR count). The van der Waals surface area contributed by atoms with Gasteiger partial charge in [0.15, 0.2) is 5.78 Å². The Morgan fingerprint density at radius 2 is 1.71 bits per heavy atom. The molecule has 0 spiro atoms. The summed E-state index contributed by atoms with van der Waals surface area (Å²) in [6.07, 6.45) is 0. The van der Waals surface area contributed by atoms with E-state index in [4.69, 9.17) is 0 Å². The van der Waals surface area contributed by atoms with Gasteiger partial charge in [0.25, 0.3) is 0 Å². The lowest BCUT2D eigenvalue weighted by atomic mass is 10.0. The molecule has 3 aromatic rings. The number of carbonyl (C=O) groups excluding carboxylic acids is 1. The Hall–Kier alpha value is -2.52. The topological polar surface area (TPSA) is 29.1 Å². The molecule has 0 radical (unpaired) electrons. The second kappa shape index (κ2) is 5.84. The monoisotopic (exact) mass is 331 g/mol. The molecule has 0 aliphatic carbocycles. The van der Waals surface area contributed by atoms with Gasteiger partial charge in [0, 0.05) is 21.4 Å². The number of fused-ring (bicyclic) bond motifs is 3. The van der Waals surface area contributed by atoms with Crippen LogP contribution < -0.4 is 5.32 Å². The minimum Gasteiger partial charge on any atom is -0.348 e. The predicted octanol–water partition coefficient (Wildman–Crippen LogP) is 5.78. The SMILES string of the molecule is C/C(C(=O)c1ccccc1C)=C1\Nc2c(ccc3ccccc23)S1. The Kier molecular flexibility index (Phi) is 3.66. The number of thioether (sulfide) groups is 1. The van der Waals surface area contributed by atoms with E-state index in [-0.39, 0.29) is 5.78 Å². The van der Waals surface area contributed by atoms with Crippen LogP contribution in [0.2, 0.25) is 0 Å². The zero-order valence-corrected chi connectivity index (χ0v) is 14.4. The molecule has 0 saturated heterocycles. The summed E-state index contributed by atoms with van der Waals surface area (Å²) in [5, 5.41) is 6.79. The van der Waals surface area contributed by atoms with Gasteiger partial charge in [-0.05, 0) is 30.9 Å². The second-order valence-electron chi connectivity index (χ2n) is 5.99. The van der Waals surface area contributed by atoms with E-state index in [1.165, 1.54) is 15.7 Å². The average molecular weight is 331 g/mol. The molecule has 2 nitrogen and oxygen atoms in total. The zero-order chi connectivity index (χ0) is 16.7. The molecule has 1 N–H and O–H groups in total. The highest BCUT2D eigenvalue weighted by Crippen LogP contribution is 2.46. The average Bonchev–Trinajstić information content (AvgIpc) is 3.05. The quantitative estimate of drug-likeness (QED) is 0.477. The number of rotatable bonds is 2. The molecule has 0 fully saturated rings. The number of carbonyl (C=O) groups is 1. The first-order chi connectivity index (χ1) is 11.6.